The molecule has 4 aliphatic rings. The summed E-state index contributed by atoms with van der Waals surface area (Å²) in [6.07, 6.45) is 9.52. The Labute approximate surface area is 139 Å². The van der Waals surface area contributed by atoms with Crippen LogP contribution in [0, 0.1) is 33.5 Å². The van der Waals surface area contributed by atoms with Gasteiger partial charge < -0.3 is 15.3 Å². The summed E-state index contributed by atoms with van der Waals surface area (Å²) in [5.41, 5.74) is -0.628. The van der Waals surface area contributed by atoms with Crippen molar-refractivity contribution in [3.63, 3.8) is 0 Å². The van der Waals surface area contributed by atoms with Crippen molar-refractivity contribution in [3.05, 3.63) is 12.2 Å². The summed E-state index contributed by atoms with van der Waals surface area (Å²) in [5, 5.41) is 32.4. The normalized spacial score (nSPS) is 61.1. The van der Waals surface area contributed by atoms with Crippen LogP contribution in [0.1, 0.15) is 59.3 Å². The van der Waals surface area contributed by atoms with Crippen LogP contribution in [0.4, 0.5) is 0 Å². The third-order valence-electron chi connectivity index (χ3n) is 8.72. The first-order valence-corrected chi connectivity index (χ1v) is 9.40. The van der Waals surface area contributed by atoms with Gasteiger partial charge in [0.05, 0.1) is 12.2 Å². The van der Waals surface area contributed by atoms with Crippen molar-refractivity contribution < 1.29 is 15.3 Å². The van der Waals surface area contributed by atoms with Crippen LogP contribution in [0.15, 0.2) is 12.2 Å². The van der Waals surface area contributed by atoms with Crippen LogP contribution in [0.3, 0.4) is 0 Å². The predicted octanol–water partition coefficient (Wildman–Crippen LogP) is 2.89. The molecule has 0 aliphatic heterocycles. The van der Waals surface area contributed by atoms with E-state index in [1.165, 1.54) is 0 Å². The van der Waals surface area contributed by atoms with Crippen LogP contribution in [0.2, 0.25) is 0 Å². The molecule has 0 saturated heterocycles. The molecule has 1 spiro atoms. The van der Waals surface area contributed by atoms with Gasteiger partial charge in [0.25, 0.3) is 0 Å². The topological polar surface area (TPSA) is 60.7 Å². The Hall–Kier alpha value is -0.380. The van der Waals surface area contributed by atoms with Gasteiger partial charge in [-0.05, 0) is 54.8 Å². The zero-order chi connectivity index (χ0) is 16.7. The van der Waals surface area contributed by atoms with Crippen LogP contribution in [-0.2, 0) is 0 Å². The van der Waals surface area contributed by atoms with E-state index in [0.717, 1.165) is 32.1 Å². The summed E-state index contributed by atoms with van der Waals surface area (Å²) in [6.45, 7) is 6.92. The van der Waals surface area contributed by atoms with Gasteiger partial charge in [0.15, 0.2) is 0 Å². The molecule has 0 radical (unpaired) electrons. The van der Waals surface area contributed by atoms with Gasteiger partial charge in [0, 0.05) is 17.4 Å². The SMILES string of the molecule is C[C@]1(CO)CCC[C@]2(C)[C@@H]1C[C@H](O)[C@@]13C=C[C@@](C)(CC[C@@H]21)[C@@H]3O. The highest BCUT2D eigenvalue weighted by Gasteiger charge is 2.70. The molecule has 3 saturated carbocycles. The van der Waals surface area contributed by atoms with Crippen LogP contribution in [-0.4, -0.2) is 34.1 Å². The van der Waals surface area contributed by atoms with Gasteiger partial charge in [-0.15, -0.1) is 0 Å². The van der Waals surface area contributed by atoms with Crippen LogP contribution < -0.4 is 0 Å². The molecule has 0 aromatic heterocycles. The number of hydrogen-bond donors (Lipinski definition) is 3. The minimum absolute atomic E-state index is 0.0936. The molecule has 3 heteroatoms. The largest absolute Gasteiger partial charge is 0.396 e. The van der Waals surface area contributed by atoms with Crippen molar-refractivity contribution in [1.29, 1.82) is 0 Å². The van der Waals surface area contributed by atoms with Crippen molar-refractivity contribution in [2.45, 2.75) is 71.5 Å². The zero-order valence-electron chi connectivity index (χ0n) is 14.8. The zero-order valence-corrected chi connectivity index (χ0v) is 14.8. The molecule has 0 aromatic carbocycles. The maximum absolute atomic E-state index is 11.2. The Bertz CT molecular complexity index is 545. The summed E-state index contributed by atoms with van der Waals surface area (Å²) in [6, 6.07) is 0. The molecule has 23 heavy (non-hydrogen) atoms. The fourth-order valence-corrected chi connectivity index (χ4v) is 7.35. The average molecular weight is 320 g/mol. The van der Waals surface area contributed by atoms with Crippen LogP contribution in [0.5, 0.6) is 0 Å². The molecule has 4 aliphatic carbocycles. The lowest BCUT2D eigenvalue weighted by atomic mass is 9.39. The van der Waals surface area contributed by atoms with Crippen molar-refractivity contribution in [1.82, 2.24) is 0 Å². The fourth-order valence-electron chi connectivity index (χ4n) is 7.35. The third kappa shape index (κ3) is 1.72. The molecule has 0 heterocycles. The molecule has 0 amide bonds. The highest BCUT2D eigenvalue weighted by atomic mass is 16.3. The van der Waals surface area contributed by atoms with E-state index in [9.17, 15) is 15.3 Å². The molecule has 3 N–H and O–H groups in total. The van der Waals surface area contributed by atoms with Crippen LogP contribution >= 0.6 is 0 Å². The first-order valence-electron chi connectivity index (χ1n) is 9.40. The van der Waals surface area contributed by atoms with Gasteiger partial charge in [0.2, 0.25) is 0 Å². The van der Waals surface area contributed by atoms with Gasteiger partial charge in [-0.2, -0.15) is 0 Å². The molecular weight excluding hydrogens is 288 g/mol. The van der Waals surface area contributed by atoms with Crippen molar-refractivity contribution in [2.24, 2.45) is 33.5 Å². The summed E-state index contributed by atoms with van der Waals surface area (Å²) in [5.74, 6) is 0.654. The molecule has 8 atom stereocenters. The lowest BCUT2D eigenvalue weighted by molar-refractivity contribution is -0.234. The van der Waals surface area contributed by atoms with E-state index in [1.54, 1.807) is 0 Å². The van der Waals surface area contributed by atoms with E-state index < -0.39 is 17.6 Å². The highest BCUT2D eigenvalue weighted by molar-refractivity contribution is 5.31. The van der Waals surface area contributed by atoms with Gasteiger partial charge in [-0.25, -0.2) is 0 Å². The van der Waals surface area contributed by atoms with Gasteiger partial charge in [-0.3, -0.25) is 0 Å². The van der Waals surface area contributed by atoms with E-state index in [0.29, 0.717) is 18.3 Å². The maximum atomic E-state index is 11.2. The Morgan fingerprint density at radius 1 is 1.00 bits per heavy atom. The summed E-state index contributed by atoms with van der Waals surface area (Å²) < 4.78 is 0. The number of rotatable bonds is 1. The number of fused-ring (bicyclic) bond motifs is 3. The maximum Gasteiger partial charge on any atom is 0.0746 e. The third-order valence-corrected chi connectivity index (χ3v) is 8.72. The molecule has 4 rings (SSSR count). The fraction of sp³-hybridized carbons (Fsp3) is 0.900. The number of aliphatic hydroxyl groups is 3. The van der Waals surface area contributed by atoms with Crippen molar-refractivity contribution in [2.75, 3.05) is 6.61 Å². The standard InChI is InChI=1S/C20H32O3/c1-17-8-5-13-19(3)7-4-6-18(2,12-21)14(19)11-15(22)20(13,10-9-17)16(17)23/h9-10,13-16,21-23H,4-8,11-12H2,1-3H3/t13-,14+,15-,16-,17+,18+,19-,20+/m0/s1. The Kier molecular flexibility index (Phi) is 3.23. The summed E-state index contributed by atoms with van der Waals surface area (Å²) >= 11 is 0. The second kappa shape index (κ2) is 4.62. The molecular formula is C20H32O3. The molecule has 0 aromatic rings. The van der Waals surface area contributed by atoms with Crippen molar-refractivity contribution in [3.8, 4) is 0 Å². The quantitative estimate of drug-likeness (QED) is 0.651. The first-order chi connectivity index (χ1) is 10.7. The Morgan fingerprint density at radius 3 is 2.43 bits per heavy atom. The lowest BCUT2D eigenvalue weighted by Crippen LogP contribution is -2.66. The minimum atomic E-state index is -0.497. The molecule has 2 bridgehead atoms. The van der Waals surface area contributed by atoms with Gasteiger partial charge in [0.1, 0.15) is 0 Å². The second-order valence-electron chi connectivity index (χ2n) is 9.81. The highest BCUT2D eigenvalue weighted by Crippen LogP contribution is 2.71. The molecule has 3 nitrogen and oxygen atoms in total. The predicted molar refractivity (Wildman–Crippen MR) is 89.7 cm³/mol. The Morgan fingerprint density at radius 2 is 1.74 bits per heavy atom. The van der Waals surface area contributed by atoms with E-state index in [2.05, 4.69) is 32.9 Å². The van der Waals surface area contributed by atoms with E-state index in [1.807, 2.05) is 0 Å². The molecule has 0 unspecified atom stereocenters. The first kappa shape index (κ1) is 16.1. The minimum Gasteiger partial charge on any atom is -0.396 e. The average Bonchev–Trinajstić information content (AvgIpc) is 2.68. The van der Waals surface area contributed by atoms with Crippen molar-refractivity contribution >= 4 is 0 Å². The smallest absolute Gasteiger partial charge is 0.0746 e. The van der Waals surface area contributed by atoms with Gasteiger partial charge in [-0.1, -0.05) is 39.3 Å². The molecule has 3 fully saturated rings. The van der Waals surface area contributed by atoms with E-state index in [4.69, 9.17) is 0 Å². The second-order valence-corrected chi connectivity index (χ2v) is 9.81. The van der Waals surface area contributed by atoms with Crippen LogP contribution in [0.25, 0.3) is 0 Å². The van der Waals surface area contributed by atoms with E-state index >= 15 is 0 Å². The number of hydrogen-bond acceptors (Lipinski definition) is 3. The number of aliphatic hydroxyl groups excluding tert-OH is 3. The lowest BCUT2D eigenvalue weighted by Gasteiger charge is -2.67. The van der Waals surface area contributed by atoms with E-state index in [-0.39, 0.29) is 22.9 Å². The monoisotopic (exact) mass is 320 g/mol. The summed E-state index contributed by atoms with van der Waals surface area (Å²) in [4.78, 5) is 0. The molecule has 130 valence electrons. The van der Waals surface area contributed by atoms with Gasteiger partial charge >= 0.3 is 0 Å². The Balaban J connectivity index is 1.82. The summed E-state index contributed by atoms with van der Waals surface area (Å²) in [7, 11) is 0.